The van der Waals surface area contributed by atoms with Crippen molar-refractivity contribution < 1.29 is 8.91 Å². The summed E-state index contributed by atoms with van der Waals surface area (Å²) < 4.78 is 19.1. The van der Waals surface area contributed by atoms with Gasteiger partial charge in [-0.25, -0.2) is 4.39 Å². The smallest absolute Gasteiger partial charge is 0.174 e. The number of aromatic nitrogens is 1. The minimum Gasteiger partial charge on any atom is -0.355 e. The van der Waals surface area contributed by atoms with E-state index in [-0.39, 0.29) is 5.82 Å². The van der Waals surface area contributed by atoms with Crippen LogP contribution in [0.2, 0.25) is 0 Å². The molecule has 0 aliphatic rings. The van der Waals surface area contributed by atoms with Crippen molar-refractivity contribution in [3.05, 3.63) is 52.8 Å². The van der Waals surface area contributed by atoms with Crippen LogP contribution in [0.1, 0.15) is 0 Å². The molecule has 0 bridgehead atoms. The summed E-state index contributed by atoms with van der Waals surface area (Å²) in [4.78, 5) is 0. The molecule has 1 heterocycles. The van der Waals surface area contributed by atoms with Crippen LogP contribution in [0.15, 0.2) is 51.5 Å². The van der Waals surface area contributed by atoms with E-state index in [0.29, 0.717) is 5.76 Å². The Kier molecular flexibility index (Phi) is 2.44. The van der Waals surface area contributed by atoms with Crippen LogP contribution in [-0.4, -0.2) is 5.16 Å². The summed E-state index contributed by atoms with van der Waals surface area (Å²) in [5, 5.41) is 4.88. The molecule has 0 aliphatic heterocycles. The number of hydrogen-bond donors (Lipinski definition) is 0. The van der Waals surface area contributed by atoms with Gasteiger partial charge in [0.25, 0.3) is 0 Å². The van der Waals surface area contributed by atoms with Crippen molar-refractivity contribution >= 4 is 26.8 Å². The van der Waals surface area contributed by atoms with E-state index < -0.39 is 0 Å². The predicted molar refractivity (Wildman–Crippen MR) is 67.1 cm³/mol. The molecule has 2 aromatic carbocycles. The molecule has 3 rings (SSSR count). The Morgan fingerprint density at radius 1 is 1.06 bits per heavy atom. The van der Waals surface area contributed by atoms with Gasteiger partial charge in [0.2, 0.25) is 0 Å². The first-order chi connectivity index (χ1) is 8.24. The van der Waals surface area contributed by atoms with E-state index in [9.17, 15) is 4.39 Å². The lowest BCUT2D eigenvalue weighted by Crippen LogP contribution is -1.77. The summed E-state index contributed by atoms with van der Waals surface area (Å²) in [7, 11) is 0. The van der Waals surface area contributed by atoms with Gasteiger partial charge >= 0.3 is 0 Å². The molecular weight excluding hydrogens is 285 g/mol. The maximum Gasteiger partial charge on any atom is 0.174 e. The second kappa shape index (κ2) is 3.96. The third-order valence-corrected chi connectivity index (χ3v) is 3.04. The Morgan fingerprint density at radius 2 is 1.82 bits per heavy atom. The second-order valence-electron chi connectivity index (χ2n) is 3.68. The lowest BCUT2D eigenvalue weighted by Gasteiger charge is -1.96. The largest absolute Gasteiger partial charge is 0.355 e. The minimum atomic E-state index is -0.265. The molecule has 0 amide bonds. The van der Waals surface area contributed by atoms with E-state index >= 15 is 0 Å². The summed E-state index contributed by atoms with van der Waals surface area (Å²) in [6.07, 6.45) is 0. The molecule has 0 spiro atoms. The summed E-state index contributed by atoms with van der Waals surface area (Å²) >= 11 is 3.41. The second-order valence-corrected chi connectivity index (χ2v) is 4.60. The number of fused-ring (bicyclic) bond motifs is 1. The highest BCUT2D eigenvalue weighted by atomic mass is 79.9. The minimum absolute atomic E-state index is 0.265. The van der Waals surface area contributed by atoms with Crippen molar-refractivity contribution in [2.75, 3.05) is 0 Å². The highest BCUT2D eigenvalue weighted by Crippen LogP contribution is 2.30. The van der Waals surface area contributed by atoms with E-state index in [1.165, 1.54) is 12.1 Å². The summed E-state index contributed by atoms with van der Waals surface area (Å²) in [5.41, 5.74) is 1.60. The van der Waals surface area contributed by atoms with Gasteiger partial charge in [0, 0.05) is 10.0 Å². The number of nitrogens with zero attached hydrogens (tertiary/aromatic N) is 1. The first-order valence-electron chi connectivity index (χ1n) is 5.05. The highest BCUT2D eigenvalue weighted by molar-refractivity contribution is 9.10. The first-order valence-corrected chi connectivity index (χ1v) is 5.84. The SMILES string of the molecule is Fc1ccc(-c2onc3ccc(Br)cc23)cc1. The molecule has 0 unspecified atom stereocenters. The molecule has 3 aromatic rings. The Bertz CT molecular complexity index is 675. The van der Waals surface area contributed by atoms with Crippen molar-refractivity contribution in [2.24, 2.45) is 0 Å². The van der Waals surface area contributed by atoms with Crippen LogP contribution in [0.5, 0.6) is 0 Å². The lowest BCUT2D eigenvalue weighted by molar-refractivity contribution is 0.441. The van der Waals surface area contributed by atoms with E-state index in [1.807, 2.05) is 18.2 Å². The summed E-state index contributed by atoms with van der Waals surface area (Å²) in [6, 6.07) is 11.9. The summed E-state index contributed by atoms with van der Waals surface area (Å²) in [5.74, 6) is 0.389. The zero-order valence-electron chi connectivity index (χ0n) is 8.65. The maximum atomic E-state index is 12.9. The van der Waals surface area contributed by atoms with Crippen molar-refractivity contribution in [3.8, 4) is 11.3 Å². The standard InChI is InChI=1S/C13H7BrFNO/c14-9-3-6-12-11(7-9)13(17-16-12)8-1-4-10(15)5-2-8/h1-7H. The Morgan fingerprint density at radius 3 is 2.59 bits per heavy atom. The van der Waals surface area contributed by atoms with Crippen LogP contribution in [0.4, 0.5) is 4.39 Å². The van der Waals surface area contributed by atoms with E-state index in [1.54, 1.807) is 12.1 Å². The number of hydrogen-bond acceptors (Lipinski definition) is 2. The molecule has 0 fully saturated rings. The normalized spacial score (nSPS) is 10.9. The zero-order valence-corrected chi connectivity index (χ0v) is 10.2. The monoisotopic (exact) mass is 291 g/mol. The first kappa shape index (κ1) is 10.5. The highest BCUT2D eigenvalue weighted by Gasteiger charge is 2.10. The molecule has 0 aliphatic carbocycles. The van der Waals surface area contributed by atoms with E-state index in [4.69, 9.17) is 4.52 Å². The fraction of sp³-hybridized carbons (Fsp3) is 0. The van der Waals surface area contributed by atoms with Crippen LogP contribution < -0.4 is 0 Å². The third-order valence-electron chi connectivity index (χ3n) is 2.54. The molecule has 0 saturated carbocycles. The number of benzene rings is 2. The molecular formula is C13H7BrFNO. The molecule has 0 N–H and O–H groups in total. The van der Waals surface area contributed by atoms with Crippen molar-refractivity contribution in [3.63, 3.8) is 0 Å². The van der Waals surface area contributed by atoms with Gasteiger partial charge in [0.15, 0.2) is 5.76 Å². The molecule has 1 aromatic heterocycles. The third kappa shape index (κ3) is 1.85. The van der Waals surface area contributed by atoms with E-state index in [0.717, 1.165) is 20.9 Å². The van der Waals surface area contributed by atoms with Crippen LogP contribution >= 0.6 is 15.9 Å². The van der Waals surface area contributed by atoms with Gasteiger partial charge in [-0.05, 0) is 42.5 Å². The molecule has 0 atom stereocenters. The zero-order chi connectivity index (χ0) is 11.8. The van der Waals surface area contributed by atoms with Crippen molar-refractivity contribution in [1.29, 1.82) is 0 Å². The molecule has 4 heteroatoms. The predicted octanol–water partition coefficient (Wildman–Crippen LogP) is 4.40. The van der Waals surface area contributed by atoms with Gasteiger partial charge in [-0.2, -0.15) is 0 Å². The molecule has 0 saturated heterocycles. The lowest BCUT2D eigenvalue weighted by atomic mass is 10.1. The Hall–Kier alpha value is -1.68. The van der Waals surface area contributed by atoms with Gasteiger partial charge in [-0.3, -0.25) is 0 Å². The average Bonchev–Trinajstić information content (AvgIpc) is 2.73. The van der Waals surface area contributed by atoms with Crippen LogP contribution in [-0.2, 0) is 0 Å². The van der Waals surface area contributed by atoms with Gasteiger partial charge in [0.05, 0.1) is 5.39 Å². The molecule has 0 radical (unpaired) electrons. The maximum absolute atomic E-state index is 12.9. The topological polar surface area (TPSA) is 26.0 Å². The quantitative estimate of drug-likeness (QED) is 0.664. The van der Waals surface area contributed by atoms with Gasteiger partial charge in [0.1, 0.15) is 11.3 Å². The van der Waals surface area contributed by atoms with Crippen LogP contribution in [0.25, 0.3) is 22.2 Å². The molecule has 84 valence electrons. The fourth-order valence-corrected chi connectivity index (χ4v) is 2.08. The van der Waals surface area contributed by atoms with Crippen LogP contribution in [0, 0.1) is 5.82 Å². The fourth-order valence-electron chi connectivity index (χ4n) is 1.72. The number of rotatable bonds is 1. The average molecular weight is 292 g/mol. The Balaban J connectivity index is 2.23. The Labute approximate surface area is 105 Å². The van der Waals surface area contributed by atoms with Crippen LogP contribution in [0.3, 0.4) is 0 Å². The number of halogens is 2. The van der Waals surface area contributed by atoms with Gasteiger partial charge in [-0.15, -0.1) is 0 Å². The van der Waals surface area contributed by atoms with Gasteiger partial charge in [-0.1, -0.05) is 21.1 Å². The van der Waals surface area contributed by atoms with Gasteiger partial charge < -0.3 is 4.52 Å². The summed E-state index contributed by atoms with van der Waals surface area (Å²) in [6.45, 7) is 0. The van der Waals surface area contributed by atoms with Crippen molar-refractivity contribution in [1.82, 2.24) is 5.16 Å². The molecule has 2 nitrogen and oxygen atoms in total. The van der Waals surface area contributed by atoms with Crippen molar-refractivity contribution in [2.45, 2.75) is 0 Å². The molecule has 17 heavy (non-hydrogen) atoms. The van der Waals surface area contributed by atoms with E-state index in [2.05, 4.69) is 21.1 Å².